The maximum absolute atomic E-state index is 13.1. The highest BCUT2D eigenvalue weighted by atomic mass is 31.2. The lowest BCUT2D eigenvalue weighted by molar-refractivity contribution is -0.161. The quantitative estimate of drug-likeness (QED) is 0.0222. The van der Waals surface area contributed by atoms with Crippen LogP contribution in [-0.4, -0.2) is 96.7 Å². The summed E-state index contributed by atoms with van der Waals surface area (Å²) >= 11 is 0. The van der Waals surface area contributed by atoms with E-state index in [1.54, 1.807) is 0 Å². The molecule has 17 nitrogen and oxygen atoms in total. The first-order valence-corrected chi connectivity index (χ1v) is 44.0. The van der Waals surface area contributed by atoms with Crippen LogP contribution in [0.25, 0.3) is 0 Å². The third-order valence-electron chi connectivity index (χ3n) is 18.5. The van der Waals surface area contributed by atoms with Crippen LogP contribution in [0.2, 0.25) is 0 Å². The number of aliphatic hydroxyl groups is 1. The fourth-order valence-electron chi connectivity index (χ4n) is 12.2. The van der Waals surface area contributed by atoms with Gasteiger partial charge in [-0.1, -0.05) is 363 Å². The number of phosphoric ester groups is 2. The van der Waals surface area contributed by atoms with E-state index >= 15 is 0 Å². The Morgan fingerprint density at radius 2 is 0.469 bits per heavy atom. The van der Waals surface area contributed by atoms with Crippen molar-refractivity contribution in [2.45, 2.75) is 432 Å². The largest absolute Gasteiger partial charge is 0.472 e. The predicted molar refractivity (Wildman–Crippen MR) is 400 cm³/mol. The summed E-state index contributed by atoms with van der Waals surface area (Å²) < 4.78 is 68.6. The van der Waals surface area contributed by atoms with Gasteiger partial charge in [-0.05, 0) is 37.5 Å². The average molecular weight is 1440 g/mol. The first-order valence-electron chi connectivity index (χ1n) is 41.0. The second-order valence-corrected chi connectivity index (χ2v) is 32.3. The van der Waals surface area contributed by atoms with Gasteiger partial charge in [-0.2, -0.15) is 0 Å². The molecular weight excluding hydrogens is 1280 g/mol. The number of phosphoric acid groups is 2. The van der Waals surface area contributed by atoms with Crippen LogP contribution in [0.5, 0.6) is 0 Å². The summed E-state index contributed by atoms with van der Waals surface area (Å²) in [7, 11) is -9.91. The lowest BCUT2D eigenvalue weighted by Gasteiger charge is -2.21. The van der Waals surface area contributed by atoms with E-state index in [9.17, 15) is 43.2 Å². The Labute approximate surface area is 600 Å². The molecule has 19 heteroatoms. The maximum atomic E-state index is 13.1. The van der Waals surface area contributed by atoms with Gasteiger partial charge in [0, 0.05) is 25.7 Å². The smallest absolute Gasteiger partial charge is 0.462 e. The van der Waals surface area contributed by atoms with Gasteiger partial charge >= 0.3 is 39.5 Å². The molecule has 0 aromatic rings. The van der Waals surface area contributed by atoms with Crippen LogP contribution < -0.4 is 0 Å². The molecule has 0 aromatic heterocycles. The average Bonchev–Trinajstić information content (AvgIpc) is 1.08. The first-order chi connectivity index (χ1) is 47.4. The molecule has 0 aliphatic heterocycles. The van der Waals surface area contributed by atoms with E-state index < -0.39 is 97.5 Å². The number of esters is 4. The Balaban J connectivity index is 5.20. The molecule has 582 valence electrons. The van der Waals surface area contributed by atoms with Gasteiger partial charge in [0.25, 0.3) is 0 Å². The van der Waals surface area contributed by atoms with Gasteiger partial charge in [0.15, 0.2) is 12.2 Å². The Morgan fingerprint density at radius 1 is 0.276 bits per heavy atom. The van der Waals surface area contributed by atoms with Gasteiger partial charge in [-0.25, -0.2) is 9.13 Å². The monoisotopic (exact) mass is 1440 g/mol. The van der Waals surface area contributed by atoms with Gasteiger partial charge < -0.3 is 33.8 Å². The second kappa shape index (κ2) is 70.7. The van der Waals surface area contributed by atoms with Crippen molar-refractivity contribution >= 4 is 39.5 Å². The summed E-state index contributed by atoms with van der Waals surface area (Å²) in [6, 6.07) is 0. The highest BCUT2D eigenvalue weighted by Crippen LogP contribution is 2.45. The molecule has 0 aliphatic carbocycles. The molecule has 0 amide bonds. The van der Waals surface area contributed by atoms with Crippen molar-refractivity contribution in [2.75, 3.05) is 39.6 Å². The molecule has 0 rings (SSSR count). The van der Waals surface area contributed by atoms with E-state index in [4.69, 9.17) is 37.0 Å². The minimum Gasteiger partial charge on any atom is -0.462 e. The van der Waals surface area contributed by atoms with E-state index in [2.05, 4.69) is 41.5 Å². The molecule has 0 spiro atoms. The van der Waals surface area contributed by atoms with Crippen molar-refractivity contribution in [1.29, 1.82) is 0 Å². The molecule has 3 N–H and O–H groups in total. The minimum atomic E-state index is -4.96. The molecule has 0 aromatic carbocycles. The summed E-state index contributed by atoms with van der Waals surface area (Å²) in [6.07, 6.45) is 59.8. The molecule has 0 fully saturated rings. The van der Waals surface area contributed by atoms with Crippen molar-refractivity contribution in [3.05, 3.63) is 0 Å². The number of rotatable bonds is 78. The topological polar surface area (TPSA) is 237 Å². The van der Waals surface area contributed by atoms with Crippen LogP contribution in [0.15, 0.2) is 0 Å². The Hall–Kier alpha value is -1.94. The SMILES string of the molecule is CCCCCCCCCCCCCCCCCCC(=O)OC[C@H](COP(=O)(O)OC[C@@H](O)COP(=O)(O)OC[C@@H](COC(=O)CCCCCCCCCCCC)OC(=O)CCCCCCCCCCC(C)C)OC(=O)CCCCCCCCCCCCCCCCCCCCC(C)C. The Kier molecular flexibility index (Phi) is 69.3. The summed E-state index contributed by atoms with van der Waals surface area (Å²) in [5, 5.41) is 10.6. The second-order valence-electron chi connectivity index (χ2n) is 29.4. The fraction of sp³-hybridized carbons (Fsp3) is 0.949. The first kappa shape index (κ1) is 96.1. The molecule has 2 unspecified atom stereocenters. The fourth-order valence-corrected chi connectivity index (χ4v) is 13.8. The van der Waals surface area contributed by atoms with Crippen molar-refractivity contribution in [3.8, 4) is 0 Å². The molecule has 0 aliphatic rings. The van der Waals surface area contributed by atoms with Crippen molar-refractivity contribution in [3.63, 3.8) is 0 Å². The van der Waals surface area contributed by atoms with Crippen molar-refractivity contribution in [2.24, 2.45) is 11.8 Å². The van der Waals surface area contributed by atoms with Crippen LogP contribution in [0.1, 0.15) is 414 Å². The third-order valence-corrected chi connectivity index (χ3v) is 20.4. The predicted octanol–water partition coefficient (Wildman–Crippen LogP) is 23.5. The van der Waals surface area contributed by atoms with Gasteiger partial charge in [-0.15, -0.1) is 0 Å². The zero-order valence-corrected chi connectivity index (χ0v) is 65.9. The molecule has 0 bridgehead atoms. The zero-order chi connectivity index (χ0) is 72.1. The van der Waals surface area contributed by atoms with E-state index in [-0.39, 0.29) is 25.7 Å². The van der Waals surface area contributed by atoms with Crippen LogP contribution in [0.3, 0.4) is 0 Å². The molecule has 0 saturated heterocycles. The molecule has 0 heterocycles. The molecule has 0 radical (unpaired) electrons. The number of carbonyl (C=O) groups excluding carboxylic acids is 4. The number of hydrogen-bond acceptors (Lipinski definition) is 15. The van der Waals surface area contributed by atoms with Gasteiger partial charge in [0.1, 0.15) is 19.3 Å². The standard InChI is InChI=1S/C79H154O17P2/c1-7-9-11-13-15-17-19-20-21-27-30-33-37-44-50-56-62-77(82)90-67-74(95-78(83)63-57-51-45-38-34-31-28-25-23-22-24-26-29-32-35-41-47-53-59-71(3)4)69-93-97(85,86)91-65-73(80)66-92-98(87,88)94-70-75(68-89-76(81)61-55-49-43-36-18-16-14-12-10-8-2)96-79(84)64-58-52-46-40-39-42-48-54-60-72(5)6/h71-75,80H,7-70H2,1-6H3,(H,85,86)(H,87,88)/t73-,74-,75-/m1/s1. The van der Waals surface area contributed by atoms with Gasteiger partial charge in [0.05, 0.1) is 26.4 Å². The highest BCUT2D eigenvalue weighted by Gasteiger charge is 2.30. The Bertz CT molecular complexity index is 1890. The van der Waals surface area contributed by atoms with Gasteiger partial charge in [-0.3, -0.25) is 37.3 Å². The summed E-state index contributed by atoms with van der Waals surface area (Å²) in [5.41, 5.74) is 0. The van der Waals surface area contributed by atoms with Crippen molar-refractivity contribution in [1.82, 2.24) is 0 Å². The van der Waals surface area contributed by atoms with E-state index in [1.807, 2.05) is 0 Å². The molecule has 5 atom stereocenters. The normalized spacial score (nSPS) is 13.9. The number of ether oxygens (including phenoxy) is 4. The molecule has 0 saturated carbocycles. The number of aliphatic hydroxyl groups excluding tert-OH is 1. The minimum absolute atomic E-state index is 0.105. The number of hydrogen-bond donors (Lipinski definition) is 3. The highest BCUT2D eigenvalue weighted by molar-refractivity contribution is 7.47. The van der Waals surface area contributed by atoms with E-state index in [0.717, 1.165) is 102 Å². The number of unbranched alkanes of at least 4 members (excludes halogenated alkanes) is 48. The zero-order valence-electron chi connectivity index (χ0n) is 64.1. The van der Waals surface area contributed by atoms with Gasteiger partial charge in [0.2, 0.25) is 0 Å². The van der Waals surface area contributed by atoms with Crippen LogP contribution in [-0.2, 0) is 65.4 Å². The lowest BCUT2D eigenvalue weighted by Crippen LogP contribution is -2.30. The summed E-state index contributed by atoms with van der Waals surface area (Å²) in [5.74, 6) is -0.574. The maximum Gasteiger partial charge on any atom is 0.472 e. The van der Waals surface area contributed by atoms with E-state index in [0.29, 0.717) is 25.7 Å². The Morgan fingerprint density at radius 3 is 0.694 bits per heavy atom. The summed E-state index contributed by atoms with van der Waals surface area (Å²) in [4.78, 5) is 72.9. The van der Waals surface area contributed by atoms with E-state index in [1.165, 1.54) is 231 Å². The molecular formula is C79H154O17P2. The van der Waals surface area contributed by atoms with Crippen molar-refractivity contribution < 1.29 is 80.2 Å². The lowest BCUT2D eigenvalue weighted by atomic mass is 10.0. The number of carbonyl (C=O) groups is 4. The molecule has 98 heavy (non-hydrogen) atoms. The van der Waals surface area contributed by atoms with Crippen LogP contribution >= 0.6 is 15.6 Å². The van der Waals surface area contributed by atoms with Crippen LogP contribution in [0.4, 0.5) is 0 Å². The summed E-state index contributed by atoms with van der Waals surface area (Å²) in [6.45, 7) is 9.60. The van der Waals surface area contributed by atoms with Crippen LogP contribution in [0, 0.1) is 11.8 Å². The third kappa shape index (κ3) is 72.4.